The smallest absolute Gasteiger partial charge is 0.245 e. The summed E-state index contributed by atoms with van der Waals surface area (Å²) in [6, 6.07) is -8.01. The number of benzene rings is 1. The Kier molecular flexibility index (Phi) is 33.1. The van der Waals surface area contributed by atoms with Gasteiger partial charge in [-0.3, -0.25) is 52.7 Å². The van der Waals surface area contributed by atoms with Crippen molar-refractivity contribution in [3.05, 3.63) is 35.9 Å². The van der Waals surface area contributed by atoms with E-state index in [0.717, 1.165) is 33.1 Å². The van der Waals surface area contributed by atoms with Crippen molar-refractivity contribution in [2.24, 2.45) is 28.9 Å². The van der Waals surface area contributed by atoms with Gasteiger partial charge in [-0.15, -0.1) is 0 Å². The summed E-state index contributed by atoms with van der Waals surface area (Å²) in [6.07, 6.45) is -3.06. The number of hydrogen-bond acceptors (Lipinski definition) is 19. The number of aliphatic hydroxyl groups excluding tert-OH is 4. The Bertz CT molecular complexity index is 2280. The third-order valence-electron chi connectivity index (χ3n) is 13.7. The molecule has 0 aliphatic carbocycles. The van der Waals surface area contributed by atoms with Crippen molar-refractivity contribution >= 4 is 65.0 Å². The third kappa shape index (κ3) is 25.2. The molecular weight excluding hydrogens is 1090 g/mol. The van der Waals surface area contributed by atoms with Crippen LogP contribution < -0.4 is 81.4 Å². The van der Waals surface area contributed by atoms with E-state index >= 15 is 0 Å². The van der Waals surface area contributed by atoms with Crippen LogP contribution in [0.2, 0.25) is 0 Å². The van der Waals surface area contributed by atoms with Crippen molar-refractivity contribution in [1.82, 2.24) is 58.5 Å². The van der Waals surface area contributed by atoms with Gasteiger partial charge in [0, 0.05) is 19.4 Å². The molecule has 23 N–H and O–H groups in total. The Labute approximate surface area is 483 Å². The van der Waals surface area contributed by atoms with Gasteiger partial charge in [-0.1, -0.05) is 63.4 Å². The lowest BCUT2D eigenvalue weighted by molar-refractivity contribution is -0.137. The number of carbonyl (C=O) groups excluding carboxylic acids is 11. The van der Waals surface area contributed by atoms with E-state index in [9.17, 15) is 73.2 Å². The van der Waals surface area contributed by atoms with Crippen molar-refractivity contribution in [3.8, 4) is 0 Å². The van der Waals surface area contributed by atoms with E-state index < -0.39 is 163 Å². The summed E-state index contributed by atoms with van der Waals surface area (Å²) in [5, 5.41) is 69.3. The first-order valence-electron chi connectivity index (χ1n) is 28.2. The number of nitrogens with one attached hydrogen (secondary N) is 11. The predicted octanol–water partition coefficient (Wildman–Crippen LogP) is -7.27. The van der Waals surface area contributed by atoms with E-state index in [2.05, 4.69) is 72.3 Å². The number of hydrogen-bond donors (Lipinski definition) is 19. The van der Waals surface area contributed by atoms with Crippen LogP contribution in [0.25, 0.3) is 0 Å². The molecule has 2 rings (SSSR count). The summed E-state index contributed by atoms with van der Waals surface area (Å²) in [6.45, 7) is 5.31. The quantitative estimate of drug-likeness (QED) is 0.0364. The van der Waals surface area contributed by atoms with Gasteiger partial charge in [0.1, 0.15) is 60.4 Å². The Morgan fingerprint density at radius 3 is 1.59 bits per heavy atom. The third-order valence-corrected chi connectivity index (χ3v) is 13.7. The highest BCUT2D eigenvalue weighted by molar-refractivity contribution is 5.99. The molecule has 1 fully saturated rings. The van der Waals surface area contributed by atoms with Gasteiger partial charge in [0.25, 0.3) is 0 Å². The zero-order valence-electron chi connectivity index (χ0n) is 48.1. The molecule has 0 bridgehead atoms. The van der Waals surface area contributed by atoms with Crippen LogP contribution in [0.4, 0.5) is 0 Å². The molecule has 0 radical (unpaired) electrons. The molecule has 0 spiro atoms. The first kappa shape index (κ1) is 72.2. The highest BCUT2D eigenvalue weighted by Gasteiger charge is 2.38. The maximum Gasteiger partial charge on any atom is 0.245 e. The fourth-order valence-corrected chi connectivity index (χ4v) is 8.55. The van der Waals surface area contributed by atoms with Gasteiger partial charge in [-0.2, -0.15) is 0 Å². The Morgan fingerprint density at radius 1 is 0.578 bits per heavy atom. The van der Waals surface area contributed by atoms with Crippen molar-refractivity contribution in [2.45, 2.75) is 184 Å². The number of amides is 11. The van der Waals surface area contributed by atoms with Gasteiger partial charge in [-0.25, -0.2) is 0 Å². The van der Waals surface area contributed by atoms with E-state index in [1.165, 1.54) is 6.92 Å². The molecule has 83 heavy (non-hydrogen) atoms. The molecule has 1 aromatic carbocycles. The summed E-state index contributed by atoms with van der Waals surface area (Å²) in [4.78, 5) is 152. The van der Waals surface area contributed by atoms with Gasteiger partial charge in [0.2, 0.25) is 65.0 Å². The summed E-state index contributed by atoms with van der Waals surface area (Å²) < 4.78 is 0. The second-order valence-electron chi connectivity index (χ2n) is 20.7. The minimum absolute atomic E-state index is 0.0500. The number of rotatable bonds is 27. The number of unbranched alkanes of at least 4 members (excludes halogenated alkanes) is 1. The minimum atomic E-state index is -1.91. The van der Waals surface area contributed by atoms with Crippen molar-refractivity contribution in [1.29, 1.82) is 0 Å². The fraction of sp³-hybridized carbons (Fsp3) is 0.679. The molecule has 0 saturated carbocycles. The van der Waals surface area contributed by atoms with E-state index in [4.69, 9.17) is 22.9 Å². The highest BCUT2D eigenvalue weighted by Crippen LogP contribution is 2.13. The lowest BCUT2D eigenvalue weighted by atomic mass is 10.0. The van der Waals surface area contributed by atoms with Crippen molar-refractivity contribution in [3.63, 3.8) is 0 Å². The maximum atomic E-state index is 14.4. The number of aliphatic hydroxyl groups is 4. The topological polar surface area (TPSA) is 505 Å². The first-order chi connectivity index (χ1) is 39.3. The molecule has 1 heterocycles. The lowest BCUT2D eigenvalue weighted by Crippen LogP contribution is -2.63. The molecule has 11 amide bonds. The standard InChI is InChI=1S/C53H91N15O15/c1-6-28(2)12-10-11-15-40(73)59-33(16-21-54)47(77)67-43(31(5)72)53(83)65-39(27-69)50(80)62-37-20-25-58-51(81)41(29(3)70)66-48(78)36(19-24-57)61-44(74)35(18-23-56)63-52(82)42(30(4)71)68-49(79)38(26-32-13-8-7-9-14-32)64-45(75)34(17-22-55)60-46(37)76/h7-9,13-14,28-31,33-39,41-43,69-72H,6,10-12,15-27,54-57H2,1-5H3,(H,58,81)(H,59,73)(H,60,76)(H,61,74)(H,62,80)(H,63,82)(H,64,75)(H,65,83)(H,66,78)(H,67,77)(H,68,79)/t28-,29+,30+,31+,33-,34-,35-,36-,37-,38+,39?,41-,42-,43-/m0/s1. The van der Waals surface area contributed by atoms with Crippen LogP contribution in [0.15, 0.2) is 30.3 Å². The minimum Gasteiger partial charge on any atom is -0.394 e. The second-order valence-corrected chi connectivity index (χ2v) is 20.7. The van der Waals surface area contributed by atoms with E-state index in [-0.39, 0.29) is 64.7 Å². The van der Waals surface area contributed by atoms with Crippen LogP contribution in [-0.2, 0) is 59.2 Å². The molecular formula is C53H91N15O15. The predicted molar refractivity (Wildman–Crippen MR) is 302 cm³/mol. The van der Waals surface area contributed by atoms with E-state index in [1.807, 2.05) is 0 Å². The molecule has 468 valence electrons. The Balaban J connectivity index is 2.63. The first-order valence-corrected chi connectivity index (χ1v) is 28.2. The molecule has 1 aliphatic heterocycles. The number of nitrogens with two attached hydrogens (primary N) is 4. The second kappa shape index (κ2) is 38.0. The average molecular weight is 1180 g/mol. The lowest BCUT2D eigenvalue weighted by Gasteiger charge is -2.29. The van der Waals surface area contributed by atoms with Crippen LogP contribution in [0.5, 0.6) is 0 Å². The summed E-state index contributed by atoms with van der Waals surface area (Å²) in [5.41, 5.74) is 23.7. The SMILES string of the molecule is CC[C@H](C)CCCCC(=O)N[C@@H](CCN)C(=O)N[C@H](C(=O)NC(CO)C(=O)N[C@H]1CCNC(=O)[C@H]([C@@H](C)O)NC(=O)[C@H](CCN)NC(=O)[C@H](CCN)NC(=O)[C@H]([C@@H](C)O)NC(=O)[C@@H](Cc2ccccc2)NC(=O)[C@H](CCN)NC1=O)[C@@H](C)O. The molecule has 1 aromatic rings. The molecule has 30 heteroatoms. The molecule has 0 aromatic heterocycles. The van der Waals surface area contributed by atoms with Crippen LogP contribution in [0, 0.1) is 5.92 Å². The van der Waals surface area contributed by atoms with Crippen LogP contribution in [-0.4, -0.2) is 203 Å². The highest BCUT2D eigenvalue weighted by atomic mass is 16.3. The van der Waals surface area contributed by atoms with Gasteiger partial charge < -0.3 is 102 Å². The molecule has 1 unspecified atom stereocenters. The van der Waals surface area contributed by atoms with Crippen LogP contribution >= 0.6 is 0 Å². The van der Waals surface area contributed by atoms with Crippen LogP contribution in [0.3, 0.4) is 0 Å². The maximum absolute atomic E-state index is 14.4. The molecule has 1 saturated heterocycles. The van der Waals surface area contributed by atoms with Gasteiger partial charge in [0.05, 0.1) is 24.9 Å². The number of carbonyl (C=O) groups is 11. The van der Waals surface area contributed by atoms with Crippen molar-refractivity contribution in [2.75, 3.05) is 39.3 Å². The van der Waals surface area contributed by atoms with Crippen LogP contribution in [0.1, 0.15) is 104 Å². The summed E-state index contributed by atoms with van der Waals surface area (Å²) in [5.74, 6) is -10.5. The van der Waals surface area contributed by atoms with E-state index in [0.29, 0.717) is 17.9 Å². The molecule has 14 atom stereocenters. The van der Waals surface area contributed by atoms with E-state index in [1.54, 1.807) is 30.3 Å². The molecule has 1 aliphatic rings. The largest absolute Gasteiger partial charge is 0.394 e. The normalized spacial score (nSPS) is 23.5. The zero-order chi connectivity index (χ0) is 62.3. The van der Waals surface area contributed by atoms with Gasteiger partial charge in [0.15, 0.2) is 0 Å². The Morgan fingerprint density at radius 2 is 1.08 bits per heavy atom. The Hall–Kier alpha value is -6.93. The van der Waals surface area contributed by atoms with Crippen molar-refractivity contribution < 1.29 is 73.2 Å². The average Bonchev–Trinajstić information content (AvgIpc) is 3.45. The van der Waals surface area contributed by atoms with Gasteiger partial charge >= 0.3 is 0 Å². The fourth-order valence-electron chi connectivity index (χ4n) is 8.55. The monoisotopic (exact) mass is 1180 g/mol. The van der Waals surface area contributed by atoms with Gasteiger partial charge in [-0.05, 0) is 97.0 Å². The molecule has 30 nitrogen and oxygen atoms in total. The summed E-state index contributed by atoms with van der Waals surface area (Å²) in [7, 11) is 0. The summed E-state index contributed by atoms with van der Waals surface area (Å²) >= 11 is 0. The zero-order valence-corrected chi connectivity index (χ0v) is 48.1.